The molecule has 2 amide bonds. The summed E-state index contributed by atoms with van der Waals surface area (Å²) in [4.78, 5) is 28.4. The molecule has 0 saturated carbocycles. The smallest absolute Gasteiger partial charge is 0.234 e. The summed E-state index contributed by atoms with van der Waals surface area (Å²) in [6, 6.07) is 5.02. The Hall–Kier alpha value is -2.14. The molecule has 1 aromatic carbocycles. The van der Waals surface area contributed by atoms with Crippen LogP contribution in [0.15, 0.2) is 34.9 Å². The molecule has 0 bridgehead atoms. The van der Waals surface area contributed by atoms with Gasteiger partial charge in [0.1, 0.15) is 5.82 Å². The largest absolute Gasteiger partial charge is 0.324 e. The van der Waals surface area contributed by atoms with Crippen LogP contribution in [0.1, 0.15) is 12.7 Å². The number of nitrogens with zero attached hydrogens (tertiary/aromatic N) is 4. The lowest BCUT2D eigenvalue weighted by molar-refractivity contribution is -0.116. The molecule has 0 spiro atoms. The predicted octanol–water partition coefficient (Wildman–Crippen LogP) is 3.97. The zero-order chi connectivity index (χ0) is 20.8. The van der Waals surface area contributed by atoms with E-state index in [1.807, 2.05) is 6.92 Å². The van der Waals surface area contributed by atoms with Crippen LogP contribution < -0.4 is 10.6 Å². The maximum atomic E-state index is 12.3. The summed E-state index contributed by atoms with van der Waals surface area (Å²) in [5.74, 6) is 0.133. The van der Waals surface area contributed by atoms with E-state index in [1.54, 1.807) is 34.3 Å². The summed E-state index contributed by atoms with van der Waals surface area (Å²) in [6.07, 6.45) is 1.68. The van der Waals surface area contributed by atoms with Crippen molar-refractivity contribution >= 4 is 68.9 Å². The van der Waals surface area contributed by atoms with E-state index < -0.39 is 0 Å². The highest BCUT2D eigenvalue weighted by Crippen LogP contribution is 2.29. The van der Waals surface area contributed by atoms with Crippen molar-refractivity contribution in [1.82, 2.24) is 19.7 Å². The van der Waals surface area contributed by atoms with E-state index >= 15 is 0 Å². The molecular weight excluding hydrogens is 455 g/mol. The molecule has 0 unspecified atom stereocenters. The number of thioether (sulfide) groups is 1. The van der Waals surface area contributed by atoms with Crippen LogP contribution in [-0.2, 0) is 22.6 Å². The Morgan fingerprint density at radius 3 is 2.76 bits per heavy atom. The third-order valence-corrected chi connectivity index (χ3v) is 6.14. The molecule has 0 radical (unpaired) electrons. The Morgan fingerprint density at radius 2 is 2.03 bits per heavy atom. The molecule has 0 aliphatic carbocycles. The minimum absolute atomic E-state index is 0.0608. The molecule has 0 fully saturated rings. The van der Waals surface area contributed by atoms with Crippen LogP contribution in [0.25, 0.3) is 0 Å². The molecule has 0 atom stereocenters. The normalized spacial score (nSPS) is 10.7. The van der Waals surface area contributed by atoms with E-state index in [9.17, 15) is 9.59 Å². The lowest BCUT2D eigenvalue weighted by atomic mass is 10.3. The third kappa shape index (κ3) is 5.69. The number of amides is 2. The highest BCUT2D eigenvalue weighted by Gasteiger charge is 2.17. The maximum Gasteiger partial charge on any atom is 0.234 e. The van der Waals surface area contributed by atoms with Crippen LogP contribution in [0, 0.1) is 0 Å². The first kappa shape index (κ1) is 21.6. The van der Waals surface area contributed by atoms with Crippen LogP contribution >= 0.6 is 46.3 Å². The average Bonchev–Trinajstić information content (AvgIpc) is 3.33. The maximum absolute atomic E-state index is 12.3. The minimum atomic E-state index is -0.257. The Balaban J connectivity index is 1.59. The summed E-state index contributed by atoms with van der Waals surface area (Å²) in [5, 5.41) is 17.1. The van der Waals surface area contributed by atoms with Crippen molar-refractivity contribution in [1.29, 1.82) is 0 Å². The Bertz CT molecular complexity index is 1010. The van der Waals surface area contributed by atoms with Gasteiger partial charge < -0.3 is 15.2 Å². The Morgan fingerprint density at radius 1 is 1.21 bits per heavy atom. The Kier molecular flexibility index (Phi) is 7.48. The van der Waals surface area contributed by atoms with Gasteiger partial charge >= 0.3 is 0 Å². The molecule has 29 heavy (non-hydrogen) atoms. The molecule has 12 heteroatoms. The molecule has 2 aromatic heterocycles. The molecule has 3 rings (SSSR count). The molecule has 0 aliphatic heterocycles. The second kappa shape index (κ2) is 10.1. The fourth-order valence-corrected chi connectivity index (χ4v) is 4.10. The fraction of sp³-hybridized carbons (Fsp3) is 0.235. The van der Waals surface area contributed by atoms with E-state index in [-0.39, 0.29) is 29.0 Å². The van der Waals surface area contributed by atoms with Gasteiger partial charge in [0.15, 0.2) is 10.3 Å². The van der Waals surface area contributed by atoms with Gasteiger partial charge in [-0.15, -0.1) is 21.5 Å². The van der Waals surface area contributed by atoms with Gasteiger partial charge in [0.05, 0.1) is 27.9 Å². The van der Waals surface area contributed by atoms with Gasteiger partial charge in [-0.25, -0.2) is 4.98 Å². The first-order valence-corrected chi connectivity index (χ1v) is 11.1. The molecule has 8 nitrogen and oxygen atoms in total. The van der Waals surface area contributed by atoms with Gasteiger partial charge in [-0.2, -0.15) is 0 Å². The second-order valence-corrected chi connectivity index (χ2v) is 8.27. The van der Waals surface area contributed by atoms with E-state index in [4.69, 9.17) is 23.2 Å². The number of anilines is 2. The quantitative estimate of drug-likeness (QED) is 0.482. The highest BCUT2D eigenvalue weighted by atomic mass is 35.5. The van der Waals surface area contributed by atoms with Gasteiger partial charge in [-0.1, -0.05) is 41.0 Å². The van der Waals surface area contributed by atoms with E-state index in [1.165, 1.54) is 23.1 Å². The van der Waals surface area contributed by atoms with Gasteiger partial charge in [0, 0.05) is 18.1 Å². The number of thiazole rings is 1. The summed E-state index contributed by atoms with van der Waals surface area (Å²) >= 11 is 14.6. The monoisotopic (exact) mass is 470 g/mol. The standard InChI is InChI=1S/C17H16Cl2N6O2S2/c1-2-25-12(8-13(26)22-16-20-6-7-28-16)23-24-17(25)29-9-14(27)21-11-5-3-4-10(18)15(11)19/h3-7H,2,8-9H2,1H3,(H,21,27)(H,20,22,26). The van der Waals surface area contributed by atoms with Gasteiger partial charge in [0.2, 0.25) is 11.8 Å². The summed E-state index contributed by atoms with van der Waals surface area (Å²) in [7, 11) is 0. The van der Waals surface area contributed by atoms with Gasteiger partial charge in [-0.3, -0.25) is 9.59 Å². The van der Waals surface area contributed by atoms with Crippen LogP contribution in [0.2, 0.25) is 10.0 Å². The topological polar surface area (TPSA) is 102 Å². The first-order valence-electron chi connectivity index (χ1n) is 8.46. The number of halogens is 2. The van der Waals surface area contributed by atoms with E-state index in [2.05, 4.69) is 25.8 Å². The summed E-state index contributed by atoms with van der Waals surface area (Å²) < 4.78 is 1.80. The van der Waals surface area contributed by atoms with Crippen LogP contribution in [0.3, 0.4) is 0 Å². The minimum Gasteiger partial charge on any atom is -0.324 e. The summed E-state index contributed by atoms with van der Waals surface area (Å²) in [5.41, 5.74) is 0.446. The molecule has 2 heterocycles. The number of hydrogen-bond donors (Lipinski definition) is 2. The van der Waals surface area contributed by atoms with Crippen molar-refractivity contribution in [2.24, 2.45) is 0 Å². The summed E-state index contributed by atoms with van der Waals surface area (Å²) in [6.45, 7) is 2.48. The number of aromatic nitrogens is 4. The molecule has 152 valence electrons. The number of carbonyl (C=O) groups is 2. The van der Waals surface area contributed by atoms with Crippen LogP contribution in [0.4, 0.5) is 10.8 Å². The number of hydrogen-bond acceptors (Lipinski definition) is 7. The van der Waals surface area contributed by atoms with Crippen LogP contribution in [-0.4, -0.2) is 37.3 Å². The molecular formula is C17H16Cl2N6O2S2. The molecule has 0 saturated heterocycles. The van der Waals surface area contributed by atoms with Crippen molar-refractivity contribution < 1.29 is 9.59 Å². The van der Waals surface area contributed by atoms with Crippen molar-refractivity contribution in [2.45, 2.75) is 25.0 Å². The van der Waals surface area contributed by atoms with Gasteiger partial charge in [-0.05, 0) is 19.1 Å². The fourth-order valence-electron chi connectivity index (χ4n) is 2.38. The zero-order valence-electron chi connectivity index (χ0n) is 15.2. The number of rotatable bonds is 8. The van der Waals surface area contributed by atoms with Gasteiger partial charge in [0.25, 0.3) is 0 Å². The second-order valence-electron chi connectivity index (χ2n) is 5.64. The SMILES string of the molecule is CCn1c(CC(=O)Nc2nccs2)nnc1SCC(=O)Nc1cccc(Cl)c1Cl. The molecule has 3 aromatic rings. The molecule has 2 N–H and O–H groups in total. The van der Waals surface area contributed by atoms with Crippen molar-refractivity contribution in [3.8, 4) is 0 Å². The zero-order valence-corrected chi connectivity index (χ0v) is 18.3. The number of nitrogens with one attached hydrogen (secondary N) is 2. The lowest BCUT2D eigenvalue weighted by Crippen LogP contribution is -2.18. The first-order chi connectivity index (χ1) is 14.0. The highest BCUT2D eigenvalue weighted by molar-refractivity contribution is 7.99. The van der Waals surface area contributed by atoms with Crippen molar-refractivity contribution in [3.05, 3.63) is 45.6 Å². The number of carbonyl (C=O) groups excluding carboxylic acids is 2. The number of benzene rings is 1. The lowest BCUT2D eigenvalue weighted by Gasteiger charge is -2.09. The third-order valence-electron chi connectivity index (χ3n) is 3.67. The molecule has 0 aliphatic rings. The van der Waals surface area contributed by atoms with Crippen LogP contribution in [0.5, 0.6) is 0 Å². The van der Waals surface area contributed by atoms with E-state index in [0.717, 1.165) is 0 Å². The Labute approximate surface area is 185 Å². The van der Waals surface area contributed by atoms with E-state index in [0.29, 0.717) is 33.4 Å². The average molecular weight is 471 g/mol. The van der Waals surface area contributed by atoms with Crippen molar-refractivity contribution in [3.63, 3.8) is 0 Å². The predicted molar refractivity (Wildman–Crippen MR) is 116 cm³/mol. The van der Waals surface area contributed by atoms with Crippen molar-refractivity contribution in [2.75, 3.05) is 16.4 Å².